The topological polar surface area (TPSA) is 324 Å². The normalized spacial score (nSPS) is 24.7. The molecule has 12 amide bonds. The van der Waals surface area contributed by atoms with Gasteiger partial charge in [-0.1, -0.05) is 92.1 Å². The van der Waals surface area contributed by atoms with E-state index in [-0.39, 0.29) is 63.2 Å². The van der Waals surface area contributed by atoms with Gasteiger partial charge in [0.05, 0.1) is 25.7 Å². The molecule has 11 atom stereocenters. The molecule has 28 nitrogen and oxygen atoms in total. The molecule has 3 heterocycles. The lowest BCUT2D eigenvalue weighted by Crippen LogP contribution is -2.62. The quantitative estimate of drug-likeness (QED) is 0.126. The monoisotopic (exact) mass is 1460 g/mol. The highest BCUT2D eigenvalue weighted by atomic mass is 35.5. The number of benzene rings is 1. The summed E-state index contributed by atoms with van der Waals surface area (Å²) in [4.78, 5) is 196. The molecule has 103 heavy (non-hydrogen) atoms. The van der Waals surface area contributed by atoms with E-state index in [9.17, 15) is 38.7 Å². The third kappa shape index (κ3) is 25.1. The van der Waals surface area contributed by atoms with E-state index in [1.54, 1.807) is 80.3 Å². The molecule has 29 heteroatoms. The van der Waals surface area contributed by atoms with Gasteiger partial charge >= 0.3 is 0 Å². The van der Waals surface area contributed by atoms with E-state index in [2.05, 4.69) is 26.3 Å². The van der Waals surface area contributed by atoms with Crippen LogP contribution in [-0.2, 0) is 75.1 Å². The van der Waals surface area contributed by atoms with Crippen molar-refractivity contribution in [2.75, 3.05) is 101 Å². The van der Waals surface area contributed by atoms with Crippen LogP contribution < -0.4 is 26.2 Å². The molecule has 4 rings (SSSR count). The third-order valence-corrected chi connectivity index (χ3v) is 19.5. The number of halogens is 1. The molecule has 0 bridgehead atoms. The summed E-state index contributed by atoms with van der Waals surface area (Å²) in [6.07, 6.45) is 2.22. The third-order valence-electron chi connectivity index (χ3n) is 19.3. The number of piperidine rings is 1. The Hall–Kier alpha value is -7.98. The summed E-state index contributed by atoms with van der Waals surface area (Å²) >= 11 is 6.53. The Kier molecular flexibility index (Phi) is 34.7. The van der Waals surface area contributed by atoms with Crippen LogP contribution in [0, 0.1) is 23.7 Å². The summed E-state index contributed by atoms with van der Waals surface area (Å²) in [7, 11) is 11.9. The van der Waals surface area contributed by atoms with Gasteiger partial charge in [0, 0.05) is 107 Å². The second-order valence-corrected chi connectivity index (χ2v) is 30.1. The number of carbonyl (C=O) groups excluding carboxylic acids is 12. The van der Waals surface area contributed by atoms with Gasteiger partial charge < -0.3 is 75.2 Å². The van der Waals surface area contributed by atoms with Crippen LogP contribution in [0.25, 0.3) is 0 Å². The molecule has 0 aliphatic carbocycles. The van der Waals surface area contributed by atoms with Crippen LogP contribution >= 0.6 is 11.6 Å². The highest BCUT2D eigenvalue weighted by molar-refractivity contribution is 6.30. The average molecular weight is 1460 g/mol. The maximum Gasteiger partial charge on any atom is 0.248 e. The fourth-order valence-corrected chi connectivity index (χ4v) is 12.7. The molecule has 2 fully saturated rings. The molecular formula is C74H119ClN14O14. The number of nitrogens with one attached hydrogen (secondary N) is 4. The van der Waals surface area contributed by atoms with Crippen LogP contribution in [0.1, 0.15) is 146 Å². The highest BCUT2D eigenvalue weighted by Gasteiger charge is 2.44. The minimum Gasteiger partial charge on any atom is -0.391 e. The van der Waals surface area contributed by atoms with Crippen LogP contribution in [0.2, 0.25) is 5.02 Å². The minimum absolute atomic E-state index is 0.0156. The zero-order chi connectivity index (χ0) is 77.6. The first kappa shape index (κ1) is 87.4. The summed E-state index contributed by atoms with van der Waals surface area (Å²) in [5, 5.41) is 22.9. The first-order valence-corrected chi connectivity index (χ1v) is 36.6. The number of nitrogens with zero attached hydrogens (tertiary/aromatic N) is 10. The fourth-order valence-electron chi connectivity index (χ4n) is 12.5. The van der Waals surface area contributed by atoms with E-state index < -0.39 is 156 Å². The molecule has 0 saturated carbocycles. The first-order valence-electron chi connectivity index (χ1n) is 36.2. The predicted octanol–water partition coefficient (Wildman–Crippen LogP) is 3.37. The Bertz CT molecular complexity index is 3220. The number of likely N-dealkylation sites (N-methyl/N-ethyl adjacent to an activating group) is 6. The lowest BCUT2D eigenvalue weighted by atomic mass is 9.97. The summed E-state index contributed by atoms with van der Waals surface area (Å²) in [5.74, 6) is -9.53. The molecule has 0 unspecified atom stereocenters. The number of amides is 12. The smallest absolute Gasteiger partial charge is 0.248 e. The van der Waals surface area contributed by atoms with E-state index in [0.717, 1.165) is 26.0 Å². The number of aliphatic hydroxyl groups excluding tert-OH is 1. The van der Waals surface area contributed by atoms with Crippen molar-refractivity contribution in [3.05, 3.63) is 58.7 Å². The van der Waals surface area contributed by atoms with Crippen LogP contribution in [0.5, 0.6) is 0 Å². The number of likely N-dealkylation sites (tertiary alicyclic amines) is 1. The number of aliphatic hydroxyl groups is 1. The summed E-state index contributed by atoms with van der Waals surface area (Å²) in [5.41, 5.74) is 0.997. The number of hydrogen-bond donors (Lipinski definition) is 5. The Morgan fingerprint density at radius 3 is 1.74 bits per heavy atom. The van der Waals surface area contributed by atoms with Gasteiger partial charge in [-0.3, -0.25) is 57.5 Å². The van der Waals surface area contributed by atoms with Crippen molar-refractivity contribution in [1.29, 1.82) is 0 Å². The number of carbonyl (C=O) groups is 12. The number of hydrogen-bond acceptors (Lipinski definition) is 16. The van der Waals surface area contributed by atoms with Gasteiger partial charge in [0.2, 0.25) is 70.9 Å². The number of pyridine rings is 1. The van der Waals surface area contributed by atoms with Gasteiger partial charge in [-0.15, -0.1) is 0 Å². The molecule has 2 aliphatic rings. The Balaban J connectivity index is 2.00. The number of aromatic nitrogens is 1. The van der Waals surface area contributed by atoms with Gasteiger partial charge in [-0.2, -0.15) is 0 Å². The second-order valence-electron chi connectivity index (χ2n) is 29.6. The molecule has 2 saturated heterocycles. The Labute approximate surface area is 615 Å². The second kappa shape index (κ2) is 40.9. The van der Waals surface area contributed by atoms with Crippen molar-refractivity contribution >= 4 is 88.3 Å². The van der Waals surface area contributed by atoms with Crippen molar-refractivity contribution in [1.82, 2.24) is 65.5 Å². The van der Waals surface area contributed by atoms with Crippen LogP contribution in [-0.4, -0.2) is 282 Å². The van der Waals surface area contributed by atoms with Crippen molar-refractivity contribution < 1.29 is 67.4 Å². The molecule has 1 aromatic carbocycles. The zero-order valence-corrected chi connectivity index (χ0v) is 65.4. The fraction of sp³-hybridized carbons (Fsp3) is 0.689. The van der Waals surface area contributed by atoms with Gasteiger partial charge in [-0.05, 0) is 119 Å². The number of anilines is 1. The van der Waals surface area contributed by atoms with Gasteiger partial charge in [0.1, 0.15) is 66.2 Å². The molecule has 0 radical (unpaired) electrons. The SMILES string of the molecule is CCCOC[C@H]1C(=O)N[C@@H](Cc2ccc(N(C)C)nc2)C(=O)N(C)[C@@H](Cc2cccc(Cl)c2)C(=O)N(C)[C@@H](C)C(=O)N[C@@H]([C@@H](C)O)C(=O)N(CCC(C)C)CC(=O)N(C)[C@@H](C(C)C)C(=O)N[C@H](C(=O)N2CCCCC2)CC(=O)N(C)[C@@H](C)C(=O)N[C@@H](CC(C)C)C(=O)N(C)[C@@H](CC(C)C)C(=O)N1C. The Morgan fingerprint density at radius 2 is 1.18 bits per heavy atom. The molecule has 2 aliphatic heterocycles. The zero-order valence-electron chi connectivity index (χ0n) is 64.6. The molecule has 2 aromatic rings. The van der Waals surface area contributed by atoms with Crippen LogP contribution in [0.3, 0.4) is 0 Å². The molecule has 0 spiro atoms. The lowest BCUT2D eigenvalue weighted by Gasteiger charge is -2.38. The van der Waals surface area contributed by atoms with Crippen molar-refractivity contribution in [2.45, 2.75) is 214 Å². The van der Waals surface area contributed by atoms with Crippen LogP contribution in [0.4, 0.5) is 5.82 Å². The van der Waals surface area contributed by atoms with Crippen molar-refractivity contribution in [2.24, 2.45) is 23.7 Å². The molecule has 576 valence electrons. The summed E-state index contributed by atoms with van der Waals surface area (Å²) < 4.78 is 6.04. The largest absolute Gasteiger partial charge is 0.391 e. The van der Waals surface area contributed by atoms with E-state index in [1.807, 2.05) is 48.5 Å². The summed E-state index contributed by atoms with van der Waals surface area (Å²) in [6.45, 7) is 20.4. The van der Waals surface area contributed by atoms with E-state index >= 15 is 24.0 Å². The van der Waals surface area contributed by atoms with Gasteiger partial charge in [0.15, 0.2) is 0 Å². The maximum absolute atomic E-state index is 15.7. The lowest BCUT2D eigenvalue weighted by molar-refractivity contribution is -0.152. The molecule has 5 N–H and O–H groups in total. The van der Waals surface area contributed by atoms with Crippen LogP contribution in [0.15, 0.2) is 42.6 Å². The average Bonchev–Trinajstić information content (AvgIpc) is 0.818. The molecule has 1 aromatic heterocycles. The maximum atomic E-state index is 15.7. The predicted molar refractivity (Wildman–Crippen MR) is 393 cm³/mol. The van der Waals surface area contributed by atoms with E-state index in [4.69, 9.17) is 16.3 Å². The first-order chi connectivity index (χ1) is 48.2. The minimum atomic E-state index is -1.70. The number of rotatable bonds is 19. The molecular weight excluding hydrogens is 1340 g/mol. The summed E-state index contributed by atoms with van der Waals surface area (Å²) in [6, 6.07) is -3.98. The standard InChI is InChI=1S/C74H119ClN14O14/c1-21-34-103-43-59-67(95)78-55(38-52-28-29-60(76-41-52)81(13)14)70(98)85(18)58(39-51-26-25-27-53(75)37-51)72(100)83(16)49(11)66(94)80-63(50(12)90)74(102)89(33-30-44(2)3)42-62(92)87(20)64(47(8)9)68(96)79-56(71(99)88-31-23-22-24-32-88)40-61(91)82(15)48(10)65(93)77-54(35-45(4)5)69(97)84(17)57(36-46(6)7)73(101)86(59)19/h25-29,37,41,44-50,54-59,63-64,90H,21-24,30-36,38-40,42-43H2,1-20H3,(H,77,93)(H,78,95)(H,79,96)(H,80,94)/t48-,49-,50+,54-,55-,56-,57-,58-,59-,63-,64-/m0/s1. The van der Waals surface area contributed by atoms with Crippen molar-refractivity contribution in [3.8, 4) is 0 Å². The van der Waals surface area contributed by atoms with Gasteiger partial charge in [-0.25, -0.2) is 4.98 Å². The number of ether oxygens (including phenoxy) is 1. The van der Waals surface area contributed by atoms with Crippen molar-refractivity contribution in [3.63, 3.8) is 0 Å². The Morgan fingerprint density at radius 1 is 0.612 bits per heavy atom. The highest BCUT2D eigenvalue weighted by Crippen LogP contribution is 2.24. The van der Waals surface area contributed by atoms with Gasteiger partial charge in [0.25, 0.3) is 0 Å². The van der Waals surface area contributed by atoms with E-state index in [0.29, 0.717) is 60.7 Å². The van der Waals surface area contributed by atoms with E-state index in [1.165, 1.54) is 77.8 Å².